The molecule has 0 radical (unpaired) electrons. The third-order valence-corrected chi connectivity index (χ3v) is 5.54. The van der Waals surface area contributed by atoms with Gasteiger partial charge >= 0.3 is 0 Å². The zero-order valence-corrected chi connectivity index (χ0v) is 18.4. The van der Waals surface area contributed by atoms with Crippen LogP contribution in [0.5, 0.6) is 0 Å². The maximum absolute atomic E-state index is 13.1. The van der Waals surface area contributed by atoms with E-state index in [4.69, 9.17) is 5.73 Å². The number of hydrogen-bond donors (Lipinski definition) is 1. The molecule has 7 nitrogen and oxygen atoms in total. The summed E-state index contributed by atoms with van der Waals surface area (Å²) in [5.74, 6) is 2.96. The van der Waals surface area contributed by atoms with Gasteiger partial charge in [-0.2, -0.15) is 0 Å². The molecule has 0 spiro atoms. The molecule has 0 saturated carbocycles. The van der Waals surface area contributed by atoms with Crippen molar-refractivity contribution in [2.75, 3.05) is 37.6 Å². The third kappa shape index (κ3) is 4.56. The first-order valence-electron chi connectivity index (χ1n) is 9.54. The van der Waals surface area contributed by atoms with E-state index in [1.165, 1.54) is 12.1 Å². The van der Waals surface area contributed by atoms with E-state index in [9.17, 15) is 4.39 Å². The van der Waals surface area contributed by atoms with Crippen LogP contribution in [0.15, 0.2) is 29.3 Å². The van der Waals surface area contributed by atoms with Gasteiger partial charge in [0.05, 0.1) is 0 Å². The Morgan fingerprint density at radius 2 is 1.89 bits per heavy atom. The number of aryl methyl sites for hydroxylation is 2. The van der Waals surface area contributed by atoms with E-state index < -0.39 is 0 Å². The zero-order valence-electron chi connectivity index (χ0n) is 16.1. The van der Waals surface area contributed by atoms with Crippen LogP contribution in [0.4, 0.5) is 10.1 Å². The van der Waals surface area contributed by atoms with E-state index in [1.807, 2.05) is 19.1 Å². The summed E-state index contributed by atoms with van der Waals surface area (Å²) in [6, 6.07) is 6.66. The van der Waals surface area contributed by atoms with Gasteiger partial charge in [0.15, 0.2) is 5.96 Å². The molecule has 1 unspecified atom stereocenters. The van der Waals surface area contributed by atoms with Crippen LogP contribution in [0.1, 0.15) is 18.1 Å². The van der Waals surface area contributed by atoms with Gasteiger partial charge in [-0.25, -0.2) is 4.39 Å². The number of aliphatic imine (C=N–C) groups is 1. The SMILES string of the molecule is Cc1nnc2n1CC(CN=C(N)N1CCN(c3ccc(F)cc3)CC1)CC2.I. The predicted octanol–water partition coefficient (Wildman–Crippen LogP) is 2.04. The molecule has 1 atom stereocenters. The van der Waals surface area contributed by atoms with Crippen molar-refractivity contribution in [1.82, 2.24) is 19.7 Å². The molecule has 2 aliphatic rings. The first-order valence-corrected chi connectivity index (χ1v) is 9.54. The highest BCUT2D eigenvalue weighted by atomic mass is 127. The summed E-state index contributed by atoms with van der Waals surface area (Å²) < 4.78 is 15.3. The summed E-state index contributed by atoms with van der Waals surface area (Å²) in [6.07, 6.45) is 2.03. The van der Waals surface area contributed by atoms with Crippen molar-refractivity contribution in [3.63, 3.8) is 0 Å². The highest BCUT2D eigenvalue weighted by molar-refractivity contribution is 14.0. The number of aromatic nitrogens is 3. The van der Waals surface area contributed by atoms with Gasteiger partial charge in [0.25, 0.3) is 0 Å². The number of piperazine rings is 1. The highest BCUT2D eigenvalue weighted by Gasteiger charge is 2.22. The Hall–Kier alpha value is -1.91. The van der Waals surface area contributed by atoms with E-state index in [2.05, 4.69) is 29.6 Å². The number of anilines is 1. The van der Waals surface area contributed by atoms with Crippen LogP contribution in [-0.4, -0.2) is 58.3 Å². The van der Waals surface area contributed by atoms with Crippen LogP contribution in [0.2, 0.25) is 0 Å². The lowest BCUT2D eigenvalue weighted by Gasteiger charge is -2.36. The molecule has 0 bridgehead atoms. The topological polar surface area (TPSA) is 75.6 Å². The average Bonchev–Trinajstić information content (AvgIpc) is 3.07. The molecule has 1 saturated heterocycles. The predicted molar refractivity (Wildman–Crippen MR) is 119 cm³/mol. The minimum atomic E-state index is -0.203. The van der Waals surface area contributed by atoms with Crippen LogP contribution >= 0.6 is 24.0 Å². The quantitative estimate of drug-likeness (QED) is 0.398. The molecular weight excluding hydrogens is 472 g/mol. The molecule has 9 heteroatoms. The minimum Gasteiger partial charge on any atom is -0.370 e. The number of halogens is 2. The van der Waals surface area contributed by atoms with Crippen molar-refractivity contribution in [1.29, 1.82) is 0 Å². The van der Waals surface area contributed by atoms with Crippen molar-refractivity contribution in [3.05, 3.63) is 41.7 Å². The van der Waals surface area contributed by atoms with Gasteiger partial charge in [0.2, 0.25) is 0 Å². The fourth-order valence-electron chi connectivity index (χ4n) is 3.85. The normalized spacial score (nSPS) is 19.9. The Morgan fingerprint density at radius 1 is 1.18 bits per heavy atom. The van der Waals surface area contributed by atoms with Crippen molar-refractivity contribution < 1.29 is 4.39 Å². The van der Waals surface area contributed by atoms with E-state index in [0.717, 1.165) is 69.4 Å². The molecule has 1 aromatic heterocycles. The molecule has 2 N–H and O–H groups in total. The number of rotatable bonds is 3. The summed E-state index contributed by atoms with van der Waals surface area (Å²) in [4.78, 5) is 9.05. The molecule has 1 aromatic carbocycles. The fraction of sp³-hybridized carbons (Fsp3) is 0.526. The van der Waals surface area contributed by atoms with E-state index in [-0.39, 0.29) is 29.8 Å². The third-order valence-electron chi connectivity index (χ3n) is 5.54. The first kappa shape index (κ1) is 20.8. The molecule has 1 fully saturated rings. The van der Waals surface area contributed by atoms with Crippen LogP contribution in [0, 0.1) is 18.7 Å². The zero-order chi connectivity index (χ0) is 18.8. The second-order valence-corrected chi connectivity index (χ2v) is 7.33. The van der Waals surface area contributed by atoms with E-state index in [1.54, 1.807) is 0 Å². The van der Waals surface area contributed by atoms with Crippen LogP contribution in [-0.2, 0) is 13.0 Å². The van der Waals surface area contributed by atoms with Gasteiger partial charge in [0, 0.05) is 51.4 Å². The average molecular weight is 499 g/mol. The van der Waals surface area contributed by atoms with Gasteiger partial charge in [-0.05, 0) is 43.5 Å². The van der Waals surface area contributed by atoms with Crippen molar-refractivity contribution >= 4 is 35.6 Å². The van der Waals surface area contributed by atoms with Gasteiger partial charge in [-0.15, -0.1) is 34.2 Å². The molecule has 3 heterocycles. The van der Waals surface area contributed by atoms with Crippen molar-refractivity contribution in [3.8, 4) is 0 Å². The Kier molecular flexibility index (Phi) is 6.73. The molecule has 152 valence electrons. The molecule has 4 rings (SSSR count). The maximum Gasteiger partial charge on any atom is 0.191 e. The Balaban J connectivity index is 0.00000225. The van der Waals surface area contributed by atoms with Gasteiger partial charge in [-0.3, -0.25) is 4.99 Å². The molecule has 0 amide bonds. The number of guanidine groups is 1. The summed E-state index contributed by atoms with van der Waals surface area (Å²) in [5.41, 5.74) is 7.30. The molecule has 2 aromatic rings. The second kappa shape index (κ2) is 9.06. The van der Waals surface area contributed by atoms with E-state index >= 15 is 0 Å². The molecular formula is C19H27FIN7. The fourth-order valence-corrected chi connectivity index (χ4v) is 3.85. The Bertz CT molecular complexity index is 812. The second-order valence-electron chi connectivity index (χ2n) is 7.33. The van der Waals surface area contributed by atoms with Gasteiger partial charge < -0.3 is 20.1 Å². The smallest absolute Gasteiger partial charge is 0.191 e. The molecule has 28 heavy (non-hydrogen) atoms. The van der Waals surface area contributed by atoms with Crippen molar-refractivity contribution in [2.45, 2.75) is 26.3 Å². The maximum atomic E-state index is 13.1. The lowest BCUT2D eigenvalue weighted by molar-refractivity contribution is 0.359. The number of hydrogen-bond acceptors (Lipinski definition) is 4. The Morgan fingerprint density at radius 3 is 2.61 bits per heavy atom. The number of benzene rings is 1. The summed E-state index contributed by atoms with van der Waals surface area (Å²) in [5, 5.41) is 8.37. The summed E-state index contributed by atoms with van der Waals surface area (Å²) in [6.45, 7) is 7.02. The lowest BCUT2D eigenvalue weighted by Crippen LogP contribution is -2.51. The van der Waals surface area contributed by atoms with Crippen LogP contribution in [0.25, 0.3) is 0 Å². The Labute approximate surface area is 181 Å². The minimum absolute atomic E-state index is 0. The number of nitrogens with two attached hydrogens (primary N) is 1. The number of fused-ring (bicyclic) bond motifs is 1. The van der Waals surface area contributed by atoms with Gasteiger partial charge in [-0.1, -0.05) is 0 Å². The standard InChI is InChI=1S/C19H26FN7.HI/c1-14-23-24-18-7-2-15(13-27(14)18)12-22-19(21)26-10-8-25(9-11-26)17-5-3-16(20)4-6-17;/h3-6,15H,2,7-13H2,1H3,(H2,21,22);1H. The van der Waals surface area contributed by atoms with Gasteiger partial charge in [0.1, 0.15) is 17.5 Å². The lowest BCUT2D eigenvalue weighted by atomic mass is 9.99. The first-order chi connectivity index (χ1) is 13.1. The van der Waals surface area contributed by atoms with E-state index in [0.29, 0.717) is 11.9 Å². The monoisotopic (exact) mass is 499 g/mol. The molecule has 2 aliphatic heterocycles. The largest absolute Gasteiger partial charge is 0.370 e. The van der Waals surface area contributed by atoms with Crippen LogP contribution in [0.3, 0.4) is 0 Å². The highest BCUT2D eigenvalue weighted by Crippen LogP contribution is 2.20. The number of nitrogens with zero attached hydrogens (tertiary/aromatic N) is 6. The summed E-state index contributed by atoms with van der Waals surface area (Å²) >= 11 is 0. The molecule has 0 aliphatic carbocycles. The van der Waals surface area contributed by atoms with Crippen LogP contribution < -0.4 is 10.6 Å². The van der Waals surface area contributed by atoms with Crippen molar-refractivity contribution in [2.24, 2.45) is 16.6 Å². The summed E-state index contributed by atoms with van der Waals surface area (Å²) in [7, 11) is 0.